The Morgan fingerprint density at radius 2 is 1.74 bits per heavy atom. The first-order chi connectivity index (χ1) is 13.0. The van der Waals surface area contributed by atoms with E-state index in [1.165, 1.54) is 4.31 Å². The summed E-state index contributed by atoms with van der Waals surface area (Å²) in [4.78, 5) is 12.9. The van der Waals surface area contributed by atoms with E-state index in [1.807, 2.05) is 13.8 Å². The van der Waals surface area contributed by atoms with E-state index in [4.69, 9.17) is 4.74 Å². The summed E-state index contributed by atoms with van der Waals surface area (Å²) in [7, 11) is -3.81. The van der Waals surface area contributed by atoms with E-state index < -0.39 is 16.1 Å². The number of nitrogens with one attached hydrogen (secondary N) is 1. The minimum absolute atomic E-state index is 0.0393. The van der Waals surface area contributed by atoms with Crippen molar-refractivity contribution in [1.82, 2.24) is 5.32 Å². The van der Waals surface area contributed by atoms with Crippen LogP contribution < -0.4 is 14.4 Å². The summed E-state index contributed by atoms with van der Waals surface area (Å²) in [5.41, 5.74) is 0.438. The van der Waals surface area contributed by atoms with Crippen molar-refractivity contribution in [3.63, 3.8) is 0 Å². The number of hydrogen-bond donors (Lipinski definition) is 1. The highest BCUT2D eigenvalue weighted by Gasteiger charge is 2.37. The monoisotopic (exact) mass is 388 g/mol. The van der Waals surface area contributed by atoms with Gasteiger partial charge in [-0.2, -0.15) is 0 Å². The van der Waals surface area contributed by atoms with Crippen LogP contribution in [0.1, 0.15) is 26.7 Å². The largest absolute Gasteiger partial charge is 0.476 e. The van der Waals surface area contributed by atoms with Crippen molar-refractivity contribution in [3.05, 3.63) is 54.6 Å². The number of amides is 1. The van der Waals surface area contributed by atoms with Crippen molar-refractivity contribution >= 4 is 21.6 Å². The molecule has 27 heavy (non-hydrogen) atoms. The molecule has 1 aliphatic heterocycles. The molecule has 1 unspecified atom stereocenters. The summed E-state index contributed by atoms with van der Waals surface area (Å²) >= 11 is 0. The summed E-state index contributed by atoms with van der Waals surface area (Å²) in [6.07, 6.45) is 0.703. The van der Waals surface area contributed by atoms with Gasteiger partial charge in [-0.1, -0.05) is 44.2 Å². The highest BCUT2D eigenvalue weighted by molar-refractivity contribution is 7.92. The average Bonchev–Trinajstić information content (AvgIpc) is 2.71. The molecule has 144 valence electrons. The maximum atomic E-state index is 13.2. The fourth-order valence-corrected chi connectivity index (χ4v) is 4.57. The number of carbonyl (C=O) groups excluding carboxylic acids is 1. The van der Waals surface area contributed by atoms with Crippen molar-refractivity contribution in [1.29, 1.82) is 0 Å². The molecule has 0 saturated carbocycles. The molecule has 0 aliphatic carbocycles. The molecule has 7 heteroatoms. The number of anilines is 1. The smallest absolute Gasteiger partial charge is 0.264 e. The van der Waals surface area contributed by atoms with Gasteiger partial charge in [0.25, 0.3) is 15.9 Å². The van der Waals surface area contributed by atoms with Crippen molar-refractivity contribution in [3.8, 4) is 5.75 Å². The van der Waals surface area contributed by atoms with E-state index in [0.717, 1.165) is 12.8 Å². The number of hydrogen-bond acceptors (Lipinski definition) is 4. The number of rotatable bonds is 6. The third-order valence-corrected chi connectivity index (χ3v) is 6.48. The van der Waals surface area contributed by atoms with Gasteiger partial charge in [0, 0.05) is 6.04 Å². The SMILES string of the molecule is CCC(CC)NC(=O)C1CN(S(=O)(=O)c2ccccc2)c2ccccc2O1. The number of carbonyl (C=O) groups is 1. The van der Waals surface area contributed by atoms with Gasteiger partial charge in [-0.3, -0.25) is 9.10 Å². The second-order valence-electron chi connectivity index (χ2n) is 6.45. The molecule has 6 nitrogen and oxygen atoms in total. The molecule has 0 radical (unpaired) electrons. The summed E-state index contributed by atoms with van der Waals surface area (Å²) in [5.74, 6) is 0.0828. The molecule has 0 saturated heterocycles. The van der Waals surface area contributed by atoms with Crippen LogP contribution >= 0.6 is 0 Å². The molecule has 1 aliphatic rings. The lowest BCUT2D eigenvalue weighted by Gasteiger charge is -2.35. The van der Waals surface area contributed by atoms with E-state index in [2.05, 4.69) is 5.32 Å². The average molecular weight is 388 g/mol. The van der Waals surface area contributed by atoms with E-state index >= 15 is 0 Å². The van der Waals surface area contributed by atoms with Gasteiger partial charge in [0.15, 0.2) is 6.10 Å². The lowest BCUT2D eigenvalue weighted by molar-refractivity contribution is -0.128. The van der Waals surface area contributed by atoms with Gasteiger partial charge in [0.05, 0.1) is 17.1 Å². The van der Waals surface area contributed by atoms with Gasteiger partial charge in [-0.05, 0) is 37.1 Å². The second kappa shape index (κ2) is 8.00. The molecule has 0 aromatic heterocycles. The molecule has 1 amide bonds. The normalized spacial score (nSPS) is 16.6. The maximum Gasteiger partial charge on any atom is 0.264 e. The molecular weight excluding hydrogens is 364 g/mol. The third-order valence-electron chi connectivity index (χ3n) is 4.69. The van der Waals surface area contributed by atoms with Crippen LogP contribution in [0.5, 0.6) is 5.75 Å². The lowest BCUT2D eigenvalue weighted by Crippen LogP contribution is -2.52. The Hall–Kier alpha value is -2.54. The zero-order chi connectivity index (χ0) is 19.4. The Morgan fingerprint density at radius 1 is 1.11 bits per heavy atom. The number of ether oxygens (including phenoxy) is 1. The van der Waals surface area contributed by atoms with Crippen molar-refractivity contribution < 1.29 is 17.9 Å². The molecule has 0 fully saturated rings. The molecule has 1 N–H and O–H groups in total. The van der Waals surface area contributed by atoms with Gasteiger partial charge >= 0.3 is 0 Å². The standard InChI is InChI=1S/C20H24N2O4S/c1-3-15(4-2)21-20(23)19-14-22(17-12-8-9-13-18(17)26-19)27(24,25)16-10-6-5-7-11-16/h5-13,15,19H,3-4,14H2,1-2H3,(H,21,23). The Balaban J connectivity index is 1.95. The number of benzene rings is 2. The van der Waals surface area contributed by atoms with Gasteiger partial charge in [-0.15, -0.1) is 0 Å². The molecule has 0 bridgehead atoms. The molecule has 2 aromatic rings. The number of fused-ring (bicyclic) bond motifs is 1. The van der Waals surface area contributed by atoms with Crippen molar-refractivity contribution in [2.24, 2.45) is 0 Å². The van der Waals surface area contributed by atoms with Gasteiger partial charge in [-0.25, -0.2) is 8.42 Å². The minimum atomic E-state index is -3.81. The van der Waals surface area contributed by atoms with Crippen LogP contribution in [0.3, 0.4) is 0 Å². The minimum Gasteiger partial charge on any atom is -0.476 e. The quantitative estimate of drug-likeness (QED) is 0.826. The number of sulfonamides is 1. The van der Waals surface area contributed by atoms with Crippen LogP contribution in [-0.2, 0) is 14.8 Å². The number of nitrogens with zero attached hydrogens (tertiary/aromatic N) is 1. The fraction of sp³-hybridized carbons (Fsp3) is 0.350. The summed E-state index contributed by atoms with van der Waals surface area (Å²) in [6, 6.07) is 15.1. The molecule has 0 spiro atoms. The first kappa shape index (κ1) is 19.2. The predicted molar refractivity (Wildman–Crippen MR) is 104 cm³/mol. The van der Waals surface area contributed by atoms with E-state index in [0.29, 0.717) is 11.4 Å². The molecule has 1 atom stereocenters. The summed E-state index contributed by atoms with van der Waals surface area (Å²) in [6.45, 7) is 3.93. The van der Waals surface area contributed by atoms with E-state index in [-0.39, 0.29) is 23.4 Å². The van der Waals surface area contributed by atoms with Crippen molar-refractivity contribution in [2.75, 3.05) is 10.8 Å². The van der Waals surface area contributed by atoms with Gasteiger partial charge in [0.1, 0.15) is 5.75 Å². The van der Waals surface area contributed by atoms with Crippen LogP contribution in [0, 0.1) is 0 Å². The maximum absolute atomic E-state index is 13.2. The lowest BCUT2D eigenvalue weighted by atomic mass is 10.1. The van der Waals surface area contributed by atoms with Crippen LogP contribution in [0.4, 0.5) is 5.69 Å². The fourth-order valence-electron chi connectivity index (χ4n) is 3.07. The molecular formula is C20H24N2O4S. The van der Waals surface area contributed by atoms with Gasteiger partial charge in [0.2, 0.25) is 0 Å². The van der Waals surface area contributed by atoms with Crippen molar-refractivity contribution in [2.45, 2.75) is 43.7 Å². The zero-order valence-corrected chi connectivity index (χ0v) is 16.3. The first-order valence-corrected chi connectivity index (χ1v) is 10.5. The topological polar surface area (TPSA) is 75.7 Å². The predicted octanol–water partition coefficient (Wildman–Crippen LogP) is 2.95. The van der Waals surface area contributed by atoms with Crippen LogP contribution in [-0.4, -0.2) is 33.0 Å². The highest BCUT2D eigenvalue weighted by Crippen LogP contribution is 2.36. The molecule has 2 aromatic carbocycles. The Morgan fingerprint density at radius 3 is 2.41 bits per heavy atom. The van der Waals surface area contributed by atoms with E-state index in [9.17, 15) is 13.2 Å². The Bertz CT molecular complexity index is 895. The summed E-state index contributed by atoms with van der Waals surface area (Å²) in [5, 5.41) is 2.94. The van der Waals surface area contributed by atoms with E-state index in [1.54, 1.807) is 54.6 Å². The van der Waals surface area contributed by atoms with Crippen LogP contribution in [0.25, 0.3) is 0 Å². The highest BCUT2D eigenvalue weighted by atomic mass is 32.2. The molecule has 3 rings (SSSR count). The first-order valence-electron chi connectivity index (χ1n) is 9.11. The molecule has 1 heterocycles. The Labute approximate surface area is 160 Å². The van der Waals surface area contributed by atoms with Gasteiger partial charge < -0.3 is 10.1 Å². The zero-order valence-electron chi connectivity index (χ0n) is 15.5. The Kier molecular flexibility index (Phi) is 5.70. The third kappa shape index (κ3) is 3.93. The van der Waals surface area contributed by atoms with Crippen LogP contribution in [0.2, 0.25) is 0 Å². The van der Waals surface area contributed by atoms with Crippen LogP contribution in [0.15, 0.2) is 59.5 Å². The number of para-hydroxylation sites is 2. The second-order valence-corrected chi connectivity index (χ2v) is 8.31. The summed E-state index contributed by atoms with van der Waals surface area (Å²) < 4.78 is 33.5.